The van der Waals surface area contributed by atoms with Crippen molar-refractivity contribution in [1.29, 1.82) is 0 Å². The summed E-state index contributed by atoms with van der Waals surface area (Å²) in [6, 6.07) is 0. The summed E-state index contributed by atoms with van der Waals surface area (Å²) in [4.78, 5) is 4.72. The third-order valence-corrected chi connectivity index (χ3v) is 1.67. The van der Waals surface area contributed by atoms with E-state index >= 15 is 0 Å². The molecule has 2 nitrogen and oxygen atoms in total. The molecule has 0 aromatic heterocycles. The van der Waals surface area contributed by atoms with Crippen LogP contribution in [0.15, 0.2) is 17.5 Å². The molecule has 0 bridgehead atoms. The first-order valence-corrected chi connectivity index (χ1v) is 3.01. The highest BCUT2D eigenvalue weighted by molar-refractivity contribution is 5.88. The van der Waals surface area contributed by atoms with Gasteiger partial charge in [0.05, 0.1) is 5.71 Å². The quantitative estimate of drug-likeness (QED) is 0.484. The Hall–Kier alpha value is -0.790. The van der Waals surface area contributed by atoms with Crippen LogP contribution in [0.3, 0.4) is 0 Å². The minimum Gasteiger partial charge on any atom is -0.365 e. The number of oxime groups is 1. The Labute approximate surface area is 55.2 Å². The van der Waals surface area contributed by atoms with E-state index in [2.05, 4.69) is 19.0 Å². The zero-order valence-corrected chi connectivity index (χ0v) is 6.01. The van der Waals surface area contributed by atoms with Crippen LogP contribution in [0.25, 0.3) is 0 Å². The van der Waals surface area contributed by atoms with Crippen molar-refractivity contribution >= 4 is 5.71 Å². The average Bonchev–Trinajstić information content (AvgIpc) is 1.77. The first-order chi connectivity index (χ1) is 4.13. The first-order valence-electron chi connectivity index (χ1n) is 3.01. The Morgan fingerprint density at radius 3 is 2.56 bits per heavy atom. The normalized spacial score (nSPS) is 22.8. The molecule has 0 aromatic rings. The maximum absolute atomic E-state index is 4.72. The van der Waals surface area contributed by atoms with Crippen LogP contribution in [0.4, 0.5) is 0 Å². The van der Waals surface area contributed by atoms with Crippen molar-refractivity contribution < 1.29 is 4.84 Å². The lowest BCUT2D eigenvalue weighted by molar-refractivity contribution is 0.249. The molecule has 1 aliphatic heterocycles. The van der Waals surface area contributed by atoms with E-state index in [-0.39, 0.29) is 5.41 Å². The minimum absolute atomic E-state index is 0.0816. The Morgan fingerprint density at radius 1 is 1.56 bits per heavy atom. The predicted molar refractivity (Wildman–Crippen MR) is 37.1 cm³/mol. The van der Waals surface area contributed by atoms with Crippen molar-refractivity contribution in [2.45, 2.75) is 20.8 Å². The van der Waals surface area contributed by atoms with Gasteiger partial charge in [0.15, 0.2) is 0 Å². The van der Waals surface area contributed by atoms with Gasteiger partial charge in [-0.05, 0) is 13.0 Å². The van der Waals surface area contributed by atoms with E-state index in [1.807, 2.05) is 13.0 Å². The summed E-state index contributed by atoms with van der Waals surface area (Å²) in [7, 11) is 0. The van der Waals surface area contributed by atoms with Crippen LogP contribution in [0.2, 0.25) is 0 Å². The van der Waals surface area contributed by atoms with E-state index < -0.39 is 0 Å². The van der Waals surface area contributed by atoms with Crippen LogP contribution < -0.4 is 0 Å². The molecule has 0 aromatic carbocycles. The highest BCUT2D eigenvalue weighted by atomic mass is 16.6. The fraction of sp³-hybridized carbons (Fsp3) is 0.571. The van der Waals surface area contributed by atoms with Gasteiger partial charge < -0.3 is 4.84 Å². The molecule has 1 heterocycles. The number of hydrogen-bond donors (Lipinski definition) is 0. The Bertz CT molecular complexity index is 168. The summed E-state index contributed by atoms with van der Waals surface area (Å²) in [6.07, 6.45) is 3.61. The largest absolute Gasteiger partial charge is 0.365 e. The molecule has 0 unspecified atom stereocenters. The third-order valence-electron chi connectivity index (χ3n) is 1.67. The Kier molecular flexibility index (Phi) is 1.31. The molecule has 0 N–H and O–H groups in total. The zero-order chi connectivity index (χ0) is 6.91. The Morgan fingerprint density at radius 2 is 2.22 bits per heavy atom. The van der Waals surface area contributed by atoms with Crippen LogP contribution in [-0.2, 0) is 4.84 Å². The standard InChI is InChI=1S/C7H11NO/c1-6-7(2,3)4-5-9-8-6/h4-5H,1-3H3. The predicted octanol–water partition coefficient (Wildman–Crippen LogP) is 1.93. The van der Waals surface area contributed by atoms with Crippen molar-refractivity contribution in [2.24, 2.45) is 10.6 Å². The maximum atomic E-state index is 4.72. The molecule has 50 valence electrons. The second-order valence-electron chi connectivity index (χ2n) is 2.81. The molecular formula is C7H11NO. The van der Waals surface area contributed by atoms with E-state index in [4.69, 9.17) is 4.84 Å². The minimum atomic E-state index is 0.0816. The molecule has 0 aliphatic carbocycles. The van der Waals surface area contributed by atoms with Gasteiger partial charge >= 0.3 is 0 Å². The van der Waals surface area contributed by atoms with Crippen LogP contribution in [0.1, 0.15) is 20.8 Å². The maximum Gasteiger partial charge on any atom is 0.119 e. The number of rotatable bonds is 0. The molecule has 0 saturated heterocycles. The lowest BCUT2D eigenvalue weighted by Gasteiger charge is -2.21. The van der Waals surface area contributed by atoms with Gasteiger partial charge in [0.2, 0.25) is 0 Å². The highest BCUT2D eigenvalue weighted by Crippen LogP contribution is 2.22. The zero-order valence-electron chi connectivity index (χ0n) is 6.01. The lowest BCUT2D eigenvalue weighted by atomic mass is 9.88. The van der Waals surface area contributed by atoms with Crippen molar-refractivity contribution in [2.75, 3.05) is 0 Å². The summed E-state index contributed by atoms with van der Waals surface area (Å²) in [5, 5.41) is 3.81. The second kappa shape index (κ2) is 1.87. The molecule has 2 heteroatoms. The fourth-order valence-corrected chi connectivity index (χ4v) is 0.548. The third kappa shape index (κ3) is 1.12. The van der Waals surface area contributed by atoms with Crippen LogP contribution in [0, 0.1) is 5.41 Å². The molecule has 0 atom stereocenters. The van der Waals surface area contributed by atoms with Gasteiger partial charge in [0, 0.05) is 5.41 Å². The summed E-state index contributed by atoms with van der Waals surface area (Å²) < 4.78 is 0. The molecule has 9 heavy (non-hydrogen) atoms. The van der Waals surface area contributed by atoms with Crippen LogP contribution in [0.5, 0.6) is 0 Å². The molecule has 0 spiro atoms. The van der Waals surface area contributed by atoms with E-state index in [0.29, 0.717) is 0 Å². The molecule has 0 fully saturated rings. The van der Waals surface area contributed by atoms with E-state index in [1.54, 1.807) is 6.26 Å². The van der Waals surface area contributed by atoms with E-state index in [0.717, 1.165) is 5.71 Å². The van der Waals surface area contributed by atoms with Crippen LogP contribution in [-0.4, -0.2) is 5.71 Å². The fourth-order valence-electron chi connectivity index (χ4n) is 0.548. The molecule has 0 radical (unpaired) electrons. The Balaban J connectivity index is 2.83. The SMILES string of the molecule is CC1=NOC=CC1(C)C. The van der Waals surface area contributed by atoms with Gasteiger partial charge in [0.1, 0.15) is 6.26 Å². The van der Waals surface area contributed by atoms with Gasteiger partial charge in [-0.1, -0.05) is 19.0 Å². The van der Waals surface area contributed by atoms with Crippen molar-refractivity contribution in [3.63, 3.8) is 0 Å². The summed E-state index contributed by atoms with van der Waals surface area (Å²) >= 11 is 0. The van der Waals surface area contributed by atoms with Gasteiger partial charge in [0.25, 0.3) is 0 Å². The smallest absolute Gasteiger partial charge is 0.119 e. The topological polar surface area (TPSA) is 21.6 Å². The monoisotopic (exact) mass is 125 g/mol. The summed E-state index contributed by atoms with van der Waals surface area (Å²) in [5.41, 5.74) is 1.10. The van der Waals surface area contributed by atoms with Crippen LogP contribution >= 0.6 is 0 Å². The molecule has 0 saturated carbocycles. The number of nitrogens with zero attached hydrogens (tertiary/aromatic N) is 1. The highest BCUT2D eigenvalue weighted by Gasteiger charge is 2.20. The van der Waals surface area contributed by atoms with Gasteiger partial charge in [-0.25, -0.2) is 0 Å². The average molecular weight is 125 g/mol. The van der Waals surface area contributed by atoms with Crippen molar-refractivity contribution in [1.82, 2.24) is 0 Å². The van der Waals surface area contributed by atoms with E-state index in [9.17, 15) is 0 Å². The van der Waals surface area contributed by atoms with Gasteiger partial charge in [-0.2, -0.15) is 0 Å². The number of hydrogen-bond acceptors (Lipinski definition) is 2. The van der Waals surface area contributed by atoms with Crippen molar-refractivity contribution in [3.05, 3.63) is 12.3 Å². The second-order valence-corrected chi connectivity index (χ2v) is 2.81. The summed E-state index contributed by atoms with van der Waals surface area (Å²) in [5.74, 6) is 0. The molecular weight excluding hydrogens is 114 g/mol. The van der Waals surface area contributed by atoms with Gasteiger partial charge in [-0.3, -0.25) is 0 Å². The van der Waals surface area contributed by atoms with Crippen molar-refractivity contribution in [3.8, 4) is 0 Å². The first kappa shape index (κ1) is 6.33. The molecule has 1 aliphatic rings. The van der Waals surface area contributed by atoms with Gasteiger partial charge in [-0.15, -0.1) is 0 Å². The molecule has 0 amide bonds. The van der Waals surface area contributed by atoms with E-state index in [1.165, 1.54) is 0 Å². The number of allylic oxidation sites excluding steroid dienone is 1. The molecule has 1 rings (SSSR count). The lowest BCUT2D eigenvalue weighted by Crippen LogP contribution is -2.20. The summed E-state index contributed by atoms with van der Waals surface area (Å²) in [6.45, 7) is 6.17.